The van der Waals surface area contributed by atoms with Crippen molar-refractivity contribution < 1.29 is 34.6 Å². The van der Waals surface area contributed by atoms with Crippen LogP contribution in [0.25, 0.3) is 0 Å². The highest BCUT2D eigenvalue weighted by molar-refractivity contribution is 4.82. The molecule has 2 heterocycles. The van der Waals surface area contributed by atoms with E-state index in [0.717, 1.165) is 0 Å². The van der Waals surface area contributed by atoms with E-state index in [1.165, 1.54) is 0 Å². The second kappa shape index (κ2) is 6.25. The highest BCUT2D eigenvalue weighted by atomic mass is 16.7. The van der Waals surface area contributed by atoms with Gasteiger partial charge in [0, 0.05) is 12.8 Å². The van der Waals surface area contributed by atoms with Crippen molar-refractivity contribution in [2.75, 3.05) is 19.8 Å². The van der Waals surface area contributed by atoms with Crippen LogP contribution in [0.1, 0.15) is 12.8 Å². The molecule has 4 N–H and O–H groups in total. The van der Waals surface area contributed by atoms with Crippen LogP contribution in [0.4, 0.5) is 0 Å². The molecule has 2 saturated heterocycles. The minimum atomic E-state index is -1.16. The van der Waals surface area contributed by atoms with Crippen molar-refractivity contribution in [2.45, 2.75) is 49.7 Å². The summed E-state index contributed by atoms with van der Waals surface area (Å²) < 4.78 is 16.0. The molecule has 106 valence electrons. The second-order valence-electron chi connectivity index (χ2n) is 4.79. The van der Waals surface area contributed by atoms with E-state index < -0.39 is 36.8 Å². The van der Waals surface area contributed by atoms with E-state index in [2.05, 4.69) is 0 Å². The van der Waals surface area contributed by atoms with Crippen molar-refractivity contribution in [3.05, 3.63) is 0 Å². The van der Waals surface area contributed by atoms with Crippen molar-refractivity contribution in [1.82, 2.24) is 0 Å². The van der Waals surface area contributed by atoms with Crippen molar-refractivity contribution in [3.63, 3.8) is 0 Å². The molecular formula is C11H20O7. The largest absolute Gasteiger partial charge is 0.394 e. The Kier molecular flexibility index (Phi) is 4.91. The molecule has 0 spiro atoms. The maximum absolute atomic E-state index is 9.76. The monoisotopic (exact) mass is 264 g/mol. The van der Waals surface area contributed by atoms with Gasteiger partial charge >= 0.3 is 0 Å². The Labute approximate surface area is 105 Å². The Bertz CT molecular complexity index is 262. The normalized spacial score (nSPS) is 46.0. The fourth-order valence-corrected chi connectivity index (χ4v) is 2.21. The van der Waals surface area contributed by atoms with Crippen molar-refractivity contribution in [3.8, 4) is 0 Å². The molecule has 0 radical (unpaired) electrons. The van der Waals surface area contributed by atoms with Gasteiger partial charge < -0.3 is 34.6 Å². The summed E-state index contributed by atoms with van der Waals surface area (Å²) in [5.74, 6) is 0. The van der Waals surface area contributed by atoms with E-state index >= 15 is 0 Å². The third kappa shape index (κ3) is 3.39. The summed E-state index contributed by atoms with van der Waals surface area (Å²) in [5.41, 5.74) is 0. The lowest BCUT2D eigenvalue weighted by molar-refractivity contribution is -0.294. The van der Waals surface area contributed by atoms with Crippen LogP contribution in [0.3, 0.4) is 0 Å². The van der Waals surface area contributed by atoms with Gasteiger partial charge in [0.2, 0.25) is 0 Å². The number of hydrogen-bond acceptors (Lipinski definition) is 7. The molecule has 6 atom stereocenters. The van der Waals surface area contributed by atoms with Gasteiger partial charge in [-0.3, -0.25) is 0 Å². The molecular weight excluding hydrogens is 244 g/mol. The van der Waals surface area contributed by atoms with Gasteiger partial charge in [0.05, 0.1) is 44.2 Å². The summed E-state index contributed by atoms with van der Waals surface area (Å²) in [7, 11) is 0. The third-order valence-corrected chi connectivity index (χ3v) is 3.18. The average molecular weight is 264 g/mol. The number of hydrogen-bond donors (Lipinski definition) is 4. The van der Waals surface area contributed by atoms with E-state index in [1.54, 1.807) is 0 Å². The van der Waals surface area contributed by atoms with Gasteiger partial charge in [-0.1, -0.05) is 0 Å². The van der Waals surface area contributed by atoms with Crippen LogP contribution in [0.5, 0.6) is 0 Å². The molecule has 0 aromatic rings. The van der Waals surface area contributed by atoms with Gasteiger partial charge in [-0.05, 0) is 0 Å². The Morgan fingerprint density at radius 3 is 2.56 bits per heavy atom. The molecule has 2 fully saturated rings. The molecule has 2 aliphatic rings. The first-order valence-electron chi connectivity index (χ1n) is 6.14. The second-order valence-corrected chi connectivity index (χ2v) is 4.79. The van der Waals surface area contributed by atoms with Crippen LogP contribution in [-0.2, 0) is 14.2 Å². The van der Waals surface area contributed by atoms with Crippen LogP contribution < -0.4 is 0 Å². The van der Waals surface area contributed by atoms with E-state index in [1.807, 2.05) is 0 Å². The molecule has 0 aromatic carbocycles. The fourth-order valence-electron chi connectivity index (χ4n) is 2.21. The van der Waals surface area contributed by atoms with Crippen LogP contribution in [-0.4, -0.2) is 77.1 Å². The molecule has 7 nitrogen and oxygen atoms in total. The Morgan fingerprint density at radius 2 is 1.89 bits per heavy atom. The summed E-state index contributed by atoms with van der Waals surface area (Å²) in [6.07, 6.45) is -4.13. The van der Waals surface area contributed by atoms with Crippen molar-refractivity contribution in [1.29, 1.82) is 0 Å². The van der Waals surface area contributed by atoms with E-state index in [0.29, 0.717) is 13.0 Å². The van der Waals surface area contributed by atoms with Crippen LogP contribution in [0, 0.1) is 0 Å². The quantitative estimate of drug-likeness (QED) is 0.466. The number of aliphatic hydroxyl groups is 4. The molecule has 0 aromatic heterocycles. The summed E-state index contributed by atoms with van der Waals surface area (Å²) in [6.45, 7) is 0.340. The van der Waals surface area contributed by atoms with Crippen LogP contribution >= 0.6 is 0 Å². The third-order valence-electron chi connectivity index (χ3n) is 3.18. The van der Waals surface area contributed by atoms with Gasteiger partial charge in [-0.25, -0.2) is 0 Å². The highest BCUT2D eigenvalue weighted by Crippen LogP contribution is 2.24. The lowest BCUT2D eigenvalue weighted by Crippen LogP contribution is -2.52. The molecule has 2 aliphatic heterocycles. The summed E-state index contributed by atoms with van der Waals surface area (Å²) >= 11 is 0. The van der Waals surface area contributed by atoms with Gasteiger partial charge in [-0.2, -0.15) is 0 Å². The predicted octanol–water partition coefficient (Wildman–Crippen LogP) is -2.02. The molecule has 7 heteroatoms. The maximum atomic E-state index is 9.76. The zero-order chi connectivity index (χ0) is 13.1. The van der Waals surface area contributed by atoms with E-state index in [4.69, 9.17) is 19.3 Å². The zero-order valence-corrected chi connectivity index (χ0v) is 10.0. The fraction of sp³-hybridized carbons (Fsp3) is 1.00. The Hall–Kier alpha value is -0.280. The van der Waals surface area contributed by atoms with Gasteiger partial charge in [0.15, 0.2) is 6.29 Å². The molecule has 18 heavy (non-hydrogen) atoms. The van der Waals surface area contributed by atoms with Crippen molar-refractivity contribution >= 4 is 0 Å². The molecule has 0 saturated carbocycles. The summed E-state index contributed by atoms with van der Waals surface area (Å²) in [5, 5.41) is 37.8. The van der Waals surface area contributed by atoms with Crippen LogP contribution in [0.2, 0.25) is 0 Å². The first kappa shape index (κ1) is 14.1. The summed E-state index contributed by atoms with van der Waals surface area (Å²) in [4.78, 5) is 0. The van der Waals surface area contributed by atoms with E-state index in [-0.39, 0.29) is 19.6 Å². The first-order valence-corrected chi connectivity index (χ1v) is 6.14. The molecule has 0 aliphatic carbocycles. The number of ether oxygens (including phenoxy) is 3. The van der Waals surface area contributed by atoms with Gasteiger partial charge in [-0.15, -0.1) is 0 Å². The summed E-state index contributed by atoms with van der Waals surface area (Å²) in [6, 6.07) is 0. The predicted molar refractivity (Wildman–Crippen MR) is 58.7 cm³/mol. The van der Waals surface area contributed by atoms with Gasteiger partial charge in [0.1, 0.15) is 6.10 Å². The Morgan fingerprint density at radius 1 is 1.11 bits per heavy atom. The smallest absolute Gasteiger partial charge is 0.186 e. The minimum absolute atomic E-state index is 0.168. The molecule has 2 rings (SSSR count). The molecule has 0 unspecified atom stereocenters. The standard InChI is InChI=1S/C11H20O7/c12-3-7-2-9(14)10(15)11(17-7)18-8-1-6(13)4-16-5-8/h6-15H,1-5H2/t6-,7-,8+,9-,10+,11-/m1/s1. The SMILES string of the molecule is OC[C@H]1C[C@@H](O)[C@H](O)[C@@H](O[C@@H]2COC[C@H](O)C2)O1. The minimum Gasteiger partial charge on any atom is -0.394 e. The van der Waals surface area contributed by atoms with Gasteiger partial charge in [0.25, 0.3) is 0 Å². The average Bonchev–Trinajstić information content (AvgIpc) is 2.34. The van der Waals surface area contributed by atoms with E-state index in [9.17, 15) is 15.3 Å². The van der Waals surface area contributed by atoms with Crippen LogP contribution in [0.15, 0.2) is 0 Å². The topological polar surface area (TPSA) is 109 Å². The zero-order valence-electron chi connectivity index (χ0n) is 10.0. The first-order chi connectivity index (χ1) is 8.60. The highest BCUT2D eigenvalue weighted by Gasteiger charge is 2.39. The maximum Gasteiger partial charge on any atom is 0.186 e. The molecule has 0 amide bonds. The molecule has 0 bridgehead atoms. The number of aliphatic hydroxyl groups excluding tert-OH is 4. The van der Waals surface area contributed by atoms with Crippen molar-refractivity contribution in [2.24, 2.45) is 0 Å². The number of rotatable bonds is 3. The Balaban J connectivity index is 1.89. The lowest BCUT2D eigenvalue weighted by Gasteiger charge is -2.38. The lowest BCUT2D eigenvalue weighted by atomic mass is 10.0.